The Balaban J connectivity index is 2.15. The van der Waals surface area contributed by atoms with Gasteiger partial charge in [0.05, 0.1) is 16.6 Å². The van der Waals surface area contributed by atoms with E-state index >= 15 is 0 Å². The number of carbonyl (C=O) groups excluding carboxylic acids is 2. The zero-order valence-corrected chi connectivity index (χ0v) is 11.6. The molecule has 23 heavy (non-hydrogen) atoms. The quantitative estimate of drug-likeness (QED) is 0.447. The second kappa shape index (κ2) is 6.52. The van der Waals surface area contributed by atoms with E-state index in [9.17, 15) is 24.1 Å². The molecule has 0 fully saturated rings. The number of amides is 2. The van der Waals surface area contributed by atoms with Crippen molar-refractivity contribution in [3.05, 3.63) is 69.5 Å². The molecule has 0 aliphatic rings. The van der Waals surface area contributed by atoms with Crippen LogP contribution in [0.3, 0.4) is 0 Å². The van der Waals surface area contributed by atoms with Gasteiger partial charge in [-0.25, -0.2) is 4.39 Å². The van der Waals surface area contributed by atoms with Gasteiger partial charge in [0.2, 0.25) is 0 Å². The van der Waals surface area contributed by atoms with E-state index in [1.807, 2.05) is 5.43 Å². The van der Waals surface area contributed by atoms with E-state index in [1.165, 1.54) is 12.1 Å². The smallest absolute Gasteiger partial charge is 0.295 e. The summed E-state index contributed by atoms with van der Waals surface area (Å²) in [6, 6.07) is 9.35. The highest BCUT2D eigenvalue weighted by atomic mass is 19.1. The first-order chi connectivity index (χ1) is 10.9. The number of hydrazine groups is 1. The molecule has 0 atom stereocenters. The van der Waals surface area contributed by atoms with Gasteiger partial charge in [-0.1, -0.05) is 18.2 Å². The second-order valence-electron chi connectivity index (χ2n) is 4.42. The predicted molar refractivity (Wildman–Crippen MR) is 78.8 cm³/mol. The van der Waals surface area contributed by atoms with Gasteiger partial charge in [0.1, 0.15) is 11.5 Å². The Morgan fingerprint density at radius 1 is 1.09 bits per heavy atom. The van der Waals surface area contributed by atoms with Crippen LogP contribution in [0.4, 0.5) is 15.8 Å². The molecule has 2 aromatic rings. The molecule has 0 aromatic heterocycles. The fraction of sp³-hybridized carbons (Fsp3) is 0. The van der Waals surface area contributed by atoms with Crippen LogP contribution < -0.4 is 16.6 Å². The average Bonchev–Trinajstić information content (AvgIpc) is 2.54. The Morgan fingerprint density at radius 2 is 1.70 bits per heavy atom. The molecule has 4 N–H and O–H groups in total. The van der Waals surface area contributed by atoms with Gasteiger partial charge in [0.15, 0.2) is 0 Å². The maximum Gasteiger partial charge on any atom is 0.295 e. The molecule has 0 bridgehead atoms. The third kappa shape index (κ3) is 3.59. The van der Waals surface area contributed by atoms with E-state index in [0.717, 1.165) is 6.07 Å². The van der Waals surface area contributed by atoms with Crippen LogP contribution in [0.2, 0.25) is 0 Å². The minimum atomic E-state index is -0.995. The lowest BCUT2D eigenvalue weighted by molar-refractivity contribution is -0.384. The average molecular weight is 318 g/mol. The van der Waals surface area contributed by atoms with E-state index < -0.39 is 39.5 Å². The molecule has 0 saturated heterocycles. The number of hydrogen-bond donors (Lipinski definition) is 3. The van der Waals surface area contributed by atoms with Crippen molar-refractivity contribution < 1.29 is 18.9 Å². The van der Waals surface area contributed by atoms with Crippen molar-refractivity contribution in [2.24, 2.45) is 0 Å². The molecule has 8 nitrogen and oxygen atoms in total. The van der Waals surface area contributed by atoms with Crippen molar-refractivity contribution in [3.8, 4) is 0 Å². The molecule has 0 spiro atoms. The van der Waals surface area contributed by atoms with Crippen molar-refractivity contribution in [1.29, 1.82) is 0 Å². The van der Waals surface area contributed by atoms with Crippen LogP contribution in [0.25, 0.3) is 0 Å². The molecule has 0 radical (unpaired) electrons. The molecule has 118 valence electrons. The maximum atomic E-state index is 13.4. The fourth-order valence-corrected chi connectivity index (χ4v) is 1.79. The highest BCUT2D eigenvalue weighted by Gasteiger charge is 2.22. The molecule has 2 aromatic carbocycles. The number of halogens is 1. The van der Waals surface area contributed by atoms with E-state index in [1.54, 1.807) is 18.2 Å². The van der Waals surface area contributed by atoms with Crippen LogP contribution in [0.1, 0.15) is 20.7 Å². The van der Waals surface area contributed by atoms with Crippen molar-refractivity contribution in [1.82, 2.24) is 10.9 Å². The number of nitrogens with one attached hydrogen (secondary N) is 2. The molecule has 0 aliphatic heterocycles. The zero-order valence-electron chi connectivity index (χ0n) is 11.6. The molecular formula is C14H11FN4O4. The molecule has 0 unspecified atom stereocenters. The molecule has 0 saturated carbocycles. The predicted octanol–water partition coefficient (Wildman–Crippen LogP) is 1.39. The summed E-state index contributed by atoms with van der Waals surface area (Å²) in [4.78, 5) is 33.6. The first-order valence-corrected chi connectivity index (χ1v) is 6.29. The van der Waals surface area contributed by atoms with Crippen LogP contribution in [-0.2, 0) is 0 Å². The van der Waals surface area contributed by atoms with Gasteiger partial charge in [-0.2, -0.15) is 0 Å². The first kappa shape index (κ1) is 15.9. The van der Waals surface area contributed by atoms with E-state index in [0.29, 0.717) is 6.07 Å². The summed E-state index contributed by atoms with van der Waals surface area (Å²) in [5.41, 5.74) is 8.22. The number of carbonyl (C=O) groups is 2. The highest BCUT2D eigenvalue weighted by molar-refractivity contribution is 6.03. The Kier molecular flexibility index (Phi) is 4.50. The van der Waals surface area contributed by atoms with E-state index in [4.69, 9.17) is 5.73 Å². The number of hydrogen-bond acceptors (Lipinski definition) is 5. The molecule has 2 rings (SSSR count). The Bertz CT molecular complexity index is 780. The normalized spacial score (nSPS) is 9.96. The lowest BCUT2D eigenvalue weighted by Gasteiger charge is -2.09. The van der Waals surface area contributed by atoms with Crippen LogP contribution in [0.15, 0.2) is 42.5 Å². The lowest BCUT2D eigenvalue weighted by Crippen LogP contribution is -2.41. The number of nitrogens with zero attached hydrogens (tertiary/aromatic N) is 1. The third-order valence-corrected chi connectivity index (χ3v) is 2.89. The highest BCUT2D eigenvalue weighted by Crippen LogP contribution is 2.26. The van der Waals surface area contributed by atoms with Gasteiger partial charge in [0, 0.05) is 5.56 Å². The summed E-state index contributed by atoms with van der Waals surface area (Å²) >= 11 is 0. The molecule has 0 aliphatic carbocycles. The summed E-state index contributed by atoms with van der Waals surface area (Å²) in [6.07, 6.45) is 0. The summed E-state index contributed by atoms with van der Waals surface area (Å²) in [5.74, 6) is -2.58. The zero-order chi connectivity index (χ0) is 17.0. The van der Waals surface area contributed by atoms with Crippen LogP contribution in [-0.4, -0.2) is 16.7 Å². The minimum Gasteiger partial charge on any atom is -0.393 e. The van der Waals surface area contributed by atoms with Crippen molar-refractivity contribution in [3.63, 3.8) is 0 Å². The third-order valence-electron chi connectivity index (χ3n) is 2.89. The van der Waals surface area contributed by atoms with Gasteiger partial charge in [-0.15, -0.1) is 0 Å². The fourth-order valence-electron chi connectivity index (χ4n) is 1.79. The number of nitrogens with two attached hydrogens (primary N) is 1. The lowest BCUT2D eigenvalue weighted by atomic mass is 10.1. The SMILES string of the molecule is Nc1c(C(=O)NNC(=O)c2ccccc2)cc(F)cc1[N+](=O)[O-]. The summed E-state index contributed by atoms with van der Waals surface area (Å²) in [7, 11) is 0. The van der Waals surface area contributed by atoms with Gasteiger partial charge >= 0.3 is 0 Å². The van der Waals surface area contributed by atoms with Crippen molar-refractivity contribution >= 4 is 23.2 Å². The Morgan fingerprint density at radius 3 is 2.30 bits per heavy atom. The van der Waals surface area contributed by atoms with Crippen molar-refractivity contribution in [2.75, 3.05) is 5.73 Å². The summed E-state index contributed by atoms with van der Waals surface area (Å²) in [5, 5.41) is 10.8. The standard InChI is InChI=1S/C14H11FN4O4/c15-9-6-10(12(16)11(7-9)19(22)23)14(21)18-17-13(20)8-4-2-1-3-5-8/h1-7H,16H2,(H,17,20)(H,18,21). The monoisotopic (exact) mass is 318 g/mol. The molecule has 0 heterocycles. The number of nitro benzene ring substituents is 1. The van der Waals surface area contributed by atoms with Crippen LogP contribution >= 0.6 is 0 Å². The first-order valence-electron chi connectivity index (χ1n) is 6.29. The minimum absolute atomic E-state index is 0.283. The topological polar surface area (TPSA) is 127 Å². The largest absolute Gasteiger partial charge is 0.393 e. The summed E-state index contributed by atoms with van der Waals surface area (Å²) in [6.45, 7) is 0. The van der Waals surface area contributed by atoms with Gasteiger partial charge in [0.25, 0.3) is 17.5 Å². The van der Waals surface area contributed by atoms with Gasteiger partial charge in [-0.05, 0) is 18.2 Å². The van der Waals surface area contributed by atoms with Gasteiger partial charge in [-0.3, -0.25) is 30.6 Å². The van der Waals surface area contributed by atoms with E-state index in [2.05, 4.69) is 5.43 Å². The second-order valence-corrected chi connectivity index (χ2v) is 4.42. The van der Waals surface area contributed by atoms with Crippen LogP contribution in [0, 0.1) is 15.9 Å². The Labute approximate surface area is 129 Å². The number of rotatable bonds is 3. The number of benzene rings is 2. The number of nitro groups is 1. The number of anilines is 1. The van der Waals surface area contributed by atoms with Gasteiger partial charge < -0.3 is 5.73 Å². The Hall–Kier alpha value is -3.49. The van der Waals surface area contributed by atoms with Crippen molar-refractivity contribution in [2.45, 2.75) is 0 Å². The molecular weight excluding hydrogens is 307 g/mol. The summed E-state index contributed by atoms with van der Waals surface area (Å²) < 4.78 is 13.4. The molecule has 9 heteroatoms. The van der Waals surface area contributed by atoms with Crippen LogP contribution in [0.5, 0.6) is 0 Å². The number of nitrogen functional groups attached to an aromatic ring is 1. The maximum absolute atomic E-state index is 13.4. The molecule has 2 amide bonds. The van der Waals surface area contributed by atoms with E-state index in [-0.39, 0.29) is 5.56 Å².